The van der Waals surface area contributed by atoms with Gasteiger partial charge in [-0.1, -0.05) is 6.42 Å². The molecule has 3 rings (SSSR count). The first-order valence-electron chi connectivity index (χ1n) is 7.89. The summed E-state index contributed by atoms with van der Waals surface area (Å²) in [4.78, 5) is 16.3. The zero-order valence-electron chi connectivity index (χ0n) is 13.2. The van der Waals surface area contributed by atoms with E-state index >= 15 is 0 Å². The highest BCUT2D eigenvalue weighted by molar-refractivity contribution is 7.89. The van der Waals surface area contributed by atoms with Crippen LogP contribution in [0.4, 0.5) is 5.69 Å². The number of pyridine rings is 1. The van der Waals surface area contributed by atoms with E-state index in [4.69, 9.17) is 0 Å². The SMILES string of the molecule is O=C(Nc1ccncc1)c1ccc(S(=O)(=O)N2CCCCC2)cc1. The molecule has 1 aromatic heterocycles. The molecular weight excluding hydrogens is 326 g/mol. The number of amides is 1. The van der Waals surface area contributed by atoms with Gasteiger partial charge >= 0.3 is 0 Å². The van der Waals surface area contributed by atoms with Crippen molar-refractivity contribution in [2.45, 2.75) is 24.2 Å². The van der Waals surface area contributed by atoms with E-state index in [9.17, 15) is 13.2 Å². The van der Waals surface area contributed by atoms with Gasteiger partial charge in [-0.3, -0.25) is 9.78 Å². The van der Waals surface area contributed by atoms with Crippen LogP contribution in [0.2, 0.25) is 0 Å². The average molecular weight is 345 g/mol. The number of rotatable bonds is 4. The summed E-state index contributed by atoms with van der Waals surface area (Å²) in [7, 11) is -3.47. The lowest BCUT2D eigenvalue weighted by Crippen LogP contribution is -2.35. The summed E-state index contributed by atoms with van der Waals surface area (Å²) in [5.74, 6) is -0.289. The van der Waals surface area contributed by atoms with E-state index in [0.717, 1.165) is 19.3 Å². The van der Waals surface area contributed by atoms with Crippen LogP contribution >= 0.6 is 0 Å². The molecule has 1 aliphatic rings. The zero-order valence-corrected chi connectivity index (χ0v) is 14.0. The Bertz CT molecular complexity index is 799. The van der Waals surface area contributed by atoms with Crippen LogP contribution in [0.15, 0.2) is 53.7 Å². The van der Waals surface area contributed by atoms with Crippen molar-refractivity contribution in [2.24, 2.45) is 0 Å². The van der Waals surface area contributed by atoms with Crippen LogP contribution in [-0.4, -0.2) is 36.7 Å². The Morgan fingerprint density at radius 1 is 0.958 bits per heavy atom. The van der Waals surface area contributed by atoms with Gasteiger partial charge in [-0.2, -0.15) is 4.31 Å². The molecule has 0 bridgehead atoms. The predicted molar refractivity (Wildman–Crippen MR) is 91.2 cm³/mol. The number of sulfonamides is 1. The lowest BCUT2D eigenvalue weighted by atomic mass is 10.2. The average Bonchev–Trinajstić information content (AvgIpc) is 2.63. The molecule has 1 fully saturated rings. The second-order valence-electron chi connectivity index (χ2n) is 5.68. The number of hydrogen-bond donors (Lipinski definition) is 1. The summed E-state index contributed by atoms with van der Waals surface area (Å²) in [5.41, 5.74) is 1.05. The van der Waals surface area contributed by atoms with Crippen molar-refractivity contribution in [3.63, 3.8) is 0 Å². The van der Waals surface area contributed by atoms with Gasteiger partial charge in [-0.25, -0.2) is 8.42 Å². The second kappa shape index (κ2) is 7.11. The van der Waals surface area contributed by atoms with Crippen molar-refractivity contribution in [2.75, 3.05) is 18.4 Å². The highest BCUT2D eigenvalue weighted by Crippen LogP contribution is 2.21. The summed E-state index contributed by atoms with van der Waals surface area (Å²) in [5, 5.41) is 2.74. The topological polar surface area (TPSA) is 79.4 Å². The summed E-state index contributed by atoms with van der Waals surface area (Å²) in [6.07, 6.45) is 6.03. The predicted octanol–water partition coefficient (Wildman–Crippen LogP) is 2.51. The smallest absolute Gasteiger partial charge is 0.255 e. The van der Waals surface area contributed by atoms with E-state index in [-0.39, 0.29) is 10.8 Å². The lowest BCUT2D eigenvalue weighted by Gasteiger charge is -2.25. The first-order valence-corrected chi connectivity index (χ1v) is 9.33. The first kappa shape index (κ1) is 16.6. The van der Waals surface area contributed by atoms with Gasteiger partial charge in [-0.05, 0) is 49.2 Å². The maximum Gasteiger partial charge on any atom is 0.255 e. The van der Waals surface area contributed by atoms with Crippen LogP contribution in [0.3, 0.4) is 0 Å². The van der Waals surface area contributed by atoms with Crippen molar-refractivity contribution < 1.29 is 13.2 Å². The Labute approximate surface area is 141 Å². The molecule has 2 aromatic rings. The number of anilines is 1. The van der Waals surface area contributed by atoms with Crippen molar-refractivity contribution >= 4 is 21.6 Å². The molecule has 0 unspecified atom stereocenters. The van der Waals surface area contributed by atoms with Crippen molar-refractivity contribution in [3.05, 3.63) is 54.4 Å². The Morgan fingerprint density at radius 3 is 2.21 bits per heavy atom. The number of piperidine rings is 1. The molecule has 1 aromatic carbocycles. The molecule has 7 heteroatoms. The number of nitrogens with one attached hydrogen (secondary N) is 1. The van der Waals surface area contributed by atoms with E-state index in [1.807, 2.05) is 0 Å². The fourth-order valence-electron chi connectivity index (χ4n) is 2.67. The largest absolute Gasteiger partial charge is 0.322 e. The molecule has 6 nitrogen and oxygen atoms in total. The van der Waals surface area contributed by atoms with Gasteiger partial charge in [0.25, 0.3) is 5.91 Å². The van der Waals surface area contributed by atoms with Gasteiger partial charge in [0.15, 0.2) is 0 Å². The van der Waals surface area contributed by atoms with Gasteiger partial charge in [0.05, 0.1) is 4.90 Å². The van der Waals surface area contributed by atoms with E-state index in [1.54, 1.807) is 24.5 Å². The van der Waals surface area contributed by atoms with Crippen LogP contribution in [0, 0.1) is 0 Å². The molecule has 126 valence electrons. The van der Waals surface area contributed by atoms with E-state index in [1.165, 1.54) is 28.6 Å². The number of carbonyl (C=O) groups excluding carboxylic acids is 1. The number of benzene rings is 1. The normalized spacial score (nSPS) is 15.8. The summed E-state index contributed by atoms with van der Waals surface area (Å²) >= 11 is 0. The first-order chi connectivity index (χ1) is 11.6. The lowest BCUT2D eigenvalue weighted by molar-refractivity contribution is 0.102. The van der Waals surface area contributed by atoms with Crippen LogP contribution < -0.4 is 5.32 Å². The third kappa shape index (κ3) is 3.63. The molecule has 0 atom stereocenters. The van der Waals surface area contributed by atoms with Crippen LogP contribution in [0.25, 0.3) is 0 Å². The number of hydrogen-bond acceptors (Lipinski definition) is 4. The van der Waals surface area contributed by atoms with E-state index in [2.05, 4.69) is 10.3 Å². The molecule has 1 amide bonds. The Morgan fingerprint density at radius 2 is 1.58 bits per heavy atom. The van der Waals surface area contributed by atoms with Crippen molar-refractivity contribution in [1.82, 2.24) is 9.29 Å². The fourth-order valence-corrected chi connectivity index (χ4v) is 4.19. The van der Waals surface area contributed by atoms with Crippen molar-refractivity contribution in [1.29, 1.82) is 0 Å². The molecular formula is C17H19N3O3S. The van der Waals surface area contributed by atoms with Crippen molar-refractivity contribution in [3.8, 4) is 0 Å². The number of carbonyl (C=O) groups is 1. The summed E-state index contributed by atoms with van der Waals surface area (Å²) in [6.45, 7) is 1.12. The third-order valence-electron chi connectivity index (χ3n) is 4.01. The van der Waals surface area contributed by atoms with Crippen LogP contribution in [0.1, 0.15) is 29.6 Å². The molecule has 0 saturated carbocycles. The van der Waals surface area contributed by atoms with E-state index in [0.29, 0.717) is 24.3 Å². The maximum absolute atomic E-state index is 12.6. The second-order valence-corrected chi connectivity index (χ2v) is 7.62. The highest BCUT2D eigenvalue weighted by atomic mass is 32.2. The monoisotopic (exact) mass is 345 g/mol. The number of aromatic nitrogens is 1. The minimum Gasteiger partial charge on any atom is -0.322 e. The van der Waals surface area contributed by atoms with Crippen LogP contribution in [0.5, 0.6) is 0 Å². The quantitative estimate of drug-likeness (QED) is 0.923. The zero-order chi connectivity index (χ0) is 17.0. The van der Waals surface area contributed by atoms with Crippen LogP contribution in [-0.2, 0) is 10.0 Å². The molecule has 2 heterocycles. The number of nitrogens with zero attached hydrogens (tertiary/aromatic N) is 2. The highest BCUT2D eigenvalue weighted by Gasteiger charge is 2.25. The van der Waals surface area contributed by atoms with Gasteiger partial charge < -0.3 is 5.32 Å². The fraction of sp³-hybridized carbons (Fsp3) is 0.294. The molecule has 0 radical (unpaired) electrons. The third-order valence-corrected chi connectivity index (χ3v) is 5.92. The molecule has 1 N–H and O–H groups in total. The van der Waals surface area contributed by atoms with E-state index < -0.39 is 10.0 Å². The van der Waals surface area contributed by atoms with Gasteiger partial charge in [-0.15, -0.1) is 0 Å². The molecule has 1 saturated heterocycles. The Kier molecular flexibility index (Phi) is 4.92. The van der Waals surface area contributed by atoms with Gasteiger partial charge in [0.2, 0.25) is 10.0 Å². The minimum atomic E-state index is -3.47. The molecule has 24 heavy (non-hydrogen) atoms. The molecule has 0 spiro atoms. The summed E-state index contributed by atoms with van der Waals surface area (Å²) < 4.78 is 26.7. The Hall–Kier alpha value is -2.25. The standard InChI is InChI=1S/C17H19N3O3S/c21-17(19-15-8-10-18-11-9-15)14-4-6-16(7-5-14)24(22,23)20-12-2-1-3-13-20/h4-11H,1-3,12-13H2,(H,18,19,21). The molecule has 1 aliphatic heterocycles. The molecule has 0 aliphatic carbocycles. The minimum absolute atomic E-state index is 0.227. The van der Waals surface area contributed by atoms with Gasteiger partial charge in [0, 0.05) is 36.7 Å². The maximum atomic E-state index is 12.6. The Balaban J connectivity index is 1.74. The summed E-state index contributed by atoms with van der Waals surface area (Å²) in [6, 6.07) is 9.43. The van der Waals surface area contributed by atoms with Gasteiger partial charge in [0.1, 0.15) is 0 Å².